The lowest BCUT2D eigenvalue weighted by molar-refractivity contribution is -0.159. The van der Waals surface area contributed by atoms with Crippen molar-refractivity contribution in [3.8, 4) is 0 Å². The third-order valence-corrected chi connectivity index (χ3v) is 0.183. The highest BCUT2D eigenvalue weighted by atomic mass is 16.4. The first-order valence-electron chi connectivity index (χ1n) is 3.08. The summed E-state index contributed by atoms with van der Waals surface area (Å²) in [7, 11) is 0. The van der Waals surface area contributed by atoms with Crippen molar-refractivity contribution in [3.05, 3.63) is 25.3 Å². The van der Waals surface area contributed by atoms with E-state index >= 15 is 0 Å². The Hall–Kier alpha value is -1.58. The van der Waals surface area contributed by atoms with Crippen LogP contribution in [0.3, 0.4) is 0 Å². The Bertz CT molecular complexity index is 131. The zero-order valence-electron chi connectivity index (χ0n) is 7.28. The van der Waals surface area contributed by atoms with E-state index in [1.165, 1.54) is 0 Å². The van der Waals surface area contributed by atoms with E-state index in [0.717, 1.165) is 0 Å². The van der Waals surface area contributed by atoms with Crippen molar-refractivity contribution in [1.82, 2.24) is 0 Å². The van der Waals surface area contributed by atoms with Crippen molar-refractivity contribution in [3.63, 3.8) is 0 Å². The molecule has 12 heavy (non-hydrogen) atoms. The van der Waals surface area contributed by atoms with E-state index in [0.29, 0.717) is 0 Å². The van der Waals surface area contributed by atoms with Gasteiger partial charge in [0.05, 0.1) is 0 Å². The minimum absolute atomic E-state index is 1.75. The zero-order valence-corrected chi connectivity index (χ0v) is 7.28. The fourth-order valence-corrected chi connectivity index (χ4v) is 0. The second-order valence-electron chi connectivity index (χ2n) is 1.43. The van der Waals surface area contributed by atoms with E-state index in [2.05, 4.69) is 13.2 Å². The molecule has 0 aromatic carbocycles. The van der Waals surface area contributed by atoms with Gasteiger partial charge in [0.2, 0.25) is 0 Å². The Labute approximate surface area is 71.8 Å². The van der Waals surface area contributed by atoms with E-state index in [4.69, 9.17) is 19.8 Å². The number of carbonyl (C=O) groups is 2. The molecule has 0 amide bonds. The molecule has 0 spiro atoms. The van der Waals surface area contributed by atoms with Crippen molar-refractivity contribution in [2.45, 2.75) is 13.8 Å². The molecule has 70 valence electrons. The summed E-state index contributed by atoms with van der Waals surface area (Å²) in [5.74, 6) is -3.65. The Morgan fingerprint density at radius 3 is 1.08 bits per heavy atom. The Kier molecular flexibility index (Phi) is 22.7. The Balaban J connectivity index is -0.000000115. The van der Waals surface area contributed by atoms with Gasteiger partial charge in [-0.2, -0.15) is 0 Å². The topological polar surface area (TPSA) is 74.6 Å². The smallest absolute Gasteiger partial charge is 0.414 e. The van der Waals surface area contributed by atoms with Crippen molar-refractivity contribution < 1.29 is 19.8 Å². The summed E-state index contributed by atoms with van der Waals surface area (Å²) in [6.07, 6.45) is 3.50. The molecule has 0 heterocycles. The number of carboxylic acid groups (broad SMARTS) is 2. The van der Waals surface area contributed by atoms with E-state index in [1.54, 1.807) is 12.2 Å². The first-order valence-corrected chi connectivity index (χ1v) is 3.08. The van der Waals surface area contributed by atoms with Gasteiger partial charge in [0.15, 0.2) is 0 Å². The van der Waals surface area contributed by atoms with Crippen molar-refractivity contribution in [2.75, 3.05) is 0 Å². The van der Waals surface area contributed by atoms with Crippen LogP contribution in [0.1, 0.15) is 13.8 Å². The van der Waals surface area contributed by atoms with Gasteiger partial charge in [-0.1, -0.05) is 12.2 Å². The fraction of sp³-hybridized carbons (Fsp3) is 0.250. The molecule has 0 radical (unpaired) electrons. The first kappa shape index (κ1) is 16.8. The molecule has 0 aliphatic rings. The molecular formula is C8H14O4. The van der Waals surface area contributed by atoms with Crippen LogP contribution in [0.25, 0.3) is 0 Å². The molecule has 2 N–H and O–H groups in total. The summed E-state index contributed by atoms with van der Waals surface area (Å²) in [6, 6.07) is 0. The maximum Gasteiger partial charge on any atom is 0.414 e. The number of allylic oxidation sites excluding steroid dienone is 2. The maximum absolute atomic E-state index is 9.10. The van der Waals surface area contributed by atoms with Crippen LogP contribution in [0.4, 0.5) is 0 Å². The summed E-state index contributed by atoms with van der Waals surface area (Å²) in [4.78, 5) is 18.2. The standard InChI is InChI=1S/2C3H6.C2H2O4/c2*1-3-2;3-1(4)2(5)6/h2*3H,1H2,2H3;(H,3,4)(H,5,6). The van der Waals surface area contributed by atoms with Gasteiger partial charge in [0.25, 0.3) is 0 Å². The summed E-state index contributed by atoms with van der Waals surface area (Å²) < 4.78 is 0. The van der Waals surface area contributed by atoms with E-state index < -0.39 is 11.9 Å². The lowest BCUT2D eigenvalue weighted by Gasteiger charge is -1.72. The molecule has 0 fully saturated rings. The van der Waals surface area contributed by atoms with Crippen LogP contribution in [0.15, 0.2) is 25.3 Å². The molecule has 0 aliphatic heterocycles. The van der Waals surface area contributed by atoms with Crippen LogP contribution in [0.2, 0.25) is 0 Å². The number of hydrogen-bond donors (Lipinski definition) is 2. The quantitative estimate of drug-likeness (QED) is 0.431. The van der Waals surface area contributed by atoms with Crippen LogP contribution in [-0.2, 0) is 9.59 Å². The molecule has 0 saturated carbocycles. The van der Waals surface area contributed by atoms with Crippen molar-refractivity contribution in [2.24, 2.45) is 0 Å². The molecule has 4 nitrogen and oxygen atoms in total. The van der Waals surface area contributed by atoms with Gasteiger partial charge >= 0.3 is 11.9 Å². The van der Waals surface area contributed by atoms with E-state index in [1.807, 2.05) is 13.8 Å². The molecule has 0 rings (SSSR count). The Morgan fingerprint density at radius 1 is 1.00 bits per heavy atom. The van der Waals surface area contributed by atoms with Gasteiger partial charge < -0.3 is 10.2 Å². The predicted octanol–water partition coefficient (Wildman–Crippen LogP) is 1.54. The van der Waals surface area contributed by atoms with Crippen LogP contribution in [0, 0.1) is 0 Å². The molecule has 0 bridgehead atoms. The SMILES string of the molecule is C=CC.C=CC.O=C(O)C(=O)O. The summed E-state index contributed by atoms with van der Waals surface area (Å²) in [5, 5.41) is 14.8. The number of hydrogen-bond acceptors (Lipinski definition) is 2. The Morgan fingerprint density at radius 2 is 1.08 bits per heavy atom. The summed E-state index contributed by atoms with van der Waals surface area (Å²) in [6.45, 7) is 10.5. The minimum atomic E-state index is -1.82. The number of aliphatic carboxylic acids is 2. The monoisotopic (exact) mass is 174 g/mol. The molecule has 0 aromatic rings. The van der Waals surface area contributed by atoms with Crippen molar-refractivity contribution in [1.29, 1.82) is 0 Å². The molecule has 4 heteroatoms. The highest BCUT2D eigenvalue weighted by Crippen LogP contribution is 1.56. The lowest BCUT2D eigenvalue weighted by Crippen LogP contribution is -2.09. The average molecular weight is 174 g/mol. The van der Waals surface area contributed by atoms with Gasteiger partial charge in [-0.3, -0.25) is 0 Å². The van der Waals surface area contributed by atoms with Gasteiger partial charge in [-0.15, -0.1) is 13.2 Å². The van der Waals surface area contributed by atoms with Crippen molar-refractivity contribution >= 4 is 11.9 Å². The average Bonchev–Trinajstić information content (AvgIpc) is 1.90. The highest BCUT2D eigenvalue weighted by Gasteiger charge is 2.04. The van der Waals surface area contributed by atoms with Gasteiger partial charge in [-0.25, -0.2) is 9.59 Å². The van der Waals surface area contributed by atoms with E-state index in [9.17, 15) is 0 Å². The summed E-state index contributed by atoms with van der Waals surface area (Å²) >= 11 is 0. The van der Waals surface area contributed by atoms with Gasteiger partial charge in [0.1, 0.15) is 0 Å². The zero-order chi connectivity index (χ0) is 10.6. The molecule has 0 saturated heterocycles. The van der Waals surface area contributed by atoms with Gasteiger partial charge in [-0.05, 0) is 13.8 Å². The van der Waals surface area contributed by atoms with Crippen LogP contribution in [-0.4, -0.2) is 22.2 Å². The largest absolute Gasteiger partial charge is 0.473 e. The predicted molar refractivity (Wildman–Crippen MR) is 47.0 cm³/mol. The minimum Gasteiger partial charge on any atom is -0.473 e. The first-order chi connectivity index (χ1) is 5.47. The maximum atomic E-state index is 9.10. The number of rotatable bonds is 0. The van der Waals surface area contributed by atoms with Gasteiger partial charge in [0, 0.05) is 0 Å². The molecule has 0 aromatic heterocycles. The normalized spacial score (nSPS) is 5.83. The highest BCUT2D eigenvalue weighted by molar-refractivity contribution is 6.27. The molecule has 0 unspecified atom stereocenters. The van der Waals surface area contributed by atoms with E-state index in [-0.39, 0.29) is 0 Å². The molecule has 0 atom stereocenters. The van der Waals surface area contributed by atoms with Crippen LogP contribution < -0.4 is 0 Å². The van der Waals surface area contributed by atoms with Crippen LogP contribution >= 0.6 is 0 Å². The third kappa shape index (κ3) is 79.2. The second kappa shape index (κ2) is 16.2. The number of carboxylic acids is 2. The van der Waals surface area contributed by atoms with Crippen LogP contribution in [0.5, 0.6) is 0 Å². The second-order valence-corrected chi connectivity index (χ2v) is 1.43. The molecule has 0 aliphatic carbocycles. The third-order valence-electron chi connectivity index (χ3n) is 0.183. The fourth-order valence-electron chi connectivity index (χ4n) is 0. The molecular weight excluding hydrogens is 160 g/mol. The lowest BCUT2D eigenvalue weighted by atomic mass is 10.7. The summed E-state index contributed by atoms with van der Waals surface area (Å²) in [5.41, 5.74) is 0.